The molecule has 1 N–H and O–H groups in total. The van der Waals surface area contributed by atoms with E-state index >= 15 is 0 Å². The third-order valence-corrected chi connectivity index (χ3v) is 2.22. The second kappa shape index (κ2) is 4.19. The van der Waals surface area contributed by atoms with E-state index in [0.717, 1.165) is 0 Å². The van der Waals surface area contributed by atoms with Crippen LogP contribution in [0.15, 0.2) is 24.5 Å². The summed E-state index contributed by atoms with van der Waals surface area (Å²) in [5, 5.41) is 9.12. The zero-order valence-corrected chi connectivity index (χ0v) is 8.23. The van der Waals surface area contributed by atoms with Gasteiger partial charge in [-0.25, -0.2) is 0 Å². The van der Waals surface area contributed by atoms with Crippen LogP contribution in [0.1, 0.15) is 12.5 Å². The molecule has 0 aromatic carbocycles. The lowest BCUT2D eigenvalue weighted by Gasteiger charge is -2.23. The zero-order chi connectivity index (χ0) is 10.6. The first-order chi connectivity index (χ1) is 6.61. The molecule has 4 nitrogen and oxygen atoms in total. The Hall–Kier alpha value is -1.42. The highest BCUT2D eigenvalue weighted by Gasteiger charge is 2.35. The molecule has 76 valence electrons. The van der Waals surface area contributed by atoms with Gasteiger partial charge in [0, 0.05) is 19.5 Å². The number of rotatable bonds is 4. The van der Waals surface area contributed by atoms with Crippen LogP contribution in [0, 0.1) is 0 Å². The molecule has 0 aliphatic heterocycles. The summed E-state index contributed by atoms with van der Waals surface area (Å²) in [6.07, 6.45) is 3.15. The second-order valence-corrected chi connectivity index (χ2v) is 3.31. The molecule has 0 saturated heterocycles. The van der Waals surface area contributed by atoms with Gasteiger partial charge in [0.25, 0.3) is 0 Å². The van der Waals surface area contributed by atoms with Gasteiger partial charge in [0.1, 0.15) is 5.41 Å². The minimum absolute atomic E-state index is 0.145. The van der Waals surface area contributed by atoms with Crippen molar-refractivity contribution in [1.82, 2.24) is 4.98 Å². The van der Waals surface area contributed by atoms with E-state index in [-0.39, 0.29) is 6.61 Å². The minimum atomic E-state index is -1.00. The second-order valence-electron chi connectivity index (χ2n) is 3.31. The highest BCUT2D eigenvalue weighted by molar-refractivity contribution is 5.80. The topological polar surface area (TPSA) is 59.4 Å². The van der Waals surface area contributed by atoms with E-state index in [1.807, 2.05) is 0 Å². The van der Waals surface area contributed by atoms with Gasteiger partial charge in [0.2, 0.25) is 0 Å². The fourth-order valence-corrected chi connectivity index (χ4v) is 1.28. The smallest absolute Gasteiger partial charge is 0.316 e. The summed E-state index contributed by atoms with van der Waals surface area (Å²) in [7, 11) is 1.49. The highest BCUT2D eigenvalue weighted by atomic mass is 16.5. The summed E-state index contributed by atoms with van der Waals surface area (Å²) in [5.74, 6) is -0.898. The Labute approximate surface area is 82.5 Å². The molecule has 0 spiro atoms. The van der Waals surface area contributed by atoms with Crippen LogP contribution >= 0.6 is 0 Å². The van der Waals surface area contributed by atoms with Gasteiger partial charge in [-0.05, 0) is 24.6 Å². The highest BCUT2D eigenvalue weighted by Crippen LogP contribution is 2.23. The van der Waals surface area contributed by atoms with E-state index in [1.54, 1.807) is 31.5 Å². The Kier molecular flexibility index (Phi) is 3.19. The van der Waals surface area contributed by atoms with E-state index in [0.29, 0.717) is 5.56 Å². The van der Waals surface area contributed by atoms with Crippen LogP contribution in [0.25, 0.3) is 0 Å². The molecule has 0 aliphatic rings. The molecule has 0 radical (unpaired) electrons. The Morgan fingerprint density at radius 2 is 2.14 bits per heavy atom. The molecule has 1 aromatic heterocycles. The molecule has 0 fully saturated rings. The van der Waals surface area contributed by atoms with Crippen LogP contribution in [-0.2, 0) is 14.9 Å². The van der Waals surface area contributed by atoms with Crippen LogP contribution in [0.5, 0.6) is 0 Å². The van der Waals surface area contributed by atoms with Crippen molar-refractivity contribution in [1.29, 1.82) is 0 Å². The van der Waals surface area contributed by atoms with Gasteiger partial charge in [0.05, 0.1) is 6.61 Å². The maximum absolute atomic E-state index is 11.1. The average molecular weight is 195 g/mol. The van der Waals surface area contributed by atoms with Crippen molar-refractivity contribution in [2.75, 3.05) is 13.7 Å². The normalized spacial score (nSPS) is 14.7. The number of ether oxygens (including phenoxy) is 1. The lowest BCUT2D eigenvalue weighted by molar-refractivity contribution is -0.145. The third-order valence-electron chi connectivity index (χ3n) is 2.22. The monoisotopic (exact) mass is 195 g/mol. The van der Waals surface area contributed by atoms with Gasteiger partial charge in [-0.3, -0.25) is 9.78 Å². The zero-order valence-electron chi connectivity index (χ0n) is 8.23. The quantitative estimate of drug-likeness (QED) is 0.780. The Morgan fingerprint density at radius 1 is 1.57 bits per heavy atom. The lowest BCUT2D eigenvalue weighted by Crippen LogP contribution is -2.37. The van der Waals surface area contributed by atoms with Gasteiger partial charge in [-0.15, -0.1) is 0 Å². The lowest BCUT2D eigenvalue weighted by atomic mass is 9.84. The fraction of sp³-hybridized carbons (Fsp3) is 0.400. The van der Waals surface area contributed by atoms with Gasteiger partial charge >= 0.3 is 5.97 Å². The van der Waals surface area contributed by atoms with Gasteiger partial charge in [-0.2, -0.15) is 0 Å². The number of pyridine rings is 1. The summed E-state index contributed by atoms with van der Waals surface area (Å²) >= 11 is 0. The number of methoxy groups -OCH3 is 1. The van der Waals surface area contributed by atoms with Crippen LogP contribution in [0.4, 0.5) is 0 Å². The average Bonchev–Trinajstić information content (AvgIpc) is 2.19. The number of hydrogen-bond donors (Lipinski definition) is 1. The van der Waals surface area contributed by atoms with Crippen molar-refractivity contribution in [3.8, 4) is 0 Å². The first-order valence-electron chi connectivity index (χ1n) is 4.24. The molecule has 0 aliphatic carbocycles. The van der Waals surface area contributed by atoms with E-state index in [1.165, 1.54) is 7.11 Å². The van der Waals surface area contributed by atoms with Crippen molar-refractivity contribution in [3.05, 3.63) is 30.1 Å². The van der Waals surface area contributed by atoms with Crippen LogP contribution in [-0.4, -0.2) is 29.8 Å². The number of aliphatic carboxylic acids is 1. The molecular formula is C10H13NO3. The molecule has 1 atom stereocenters. The van der Waals surface area contributed by atoms with Gasteiger partial charge < -0.3 is 9.84 Å². The Morgan fingerprint density at radius 3 is 2.57 bits per heavy atom. The van der Waals surface area contributed by atoms with Gasteiger partial charge in [0.15, 0.2) is 0 Å². The molecule has 1 rings (SSSR count). The van der Waals surface area contributed by atoms with Crippen LogP contribution in [0.2, 0.25) is 0 Å². The number of nitrogens with zero attached hydrogens (tertiary/aromatic N) is 1. The molecule has 1 aromatic rings. The Balaban J connectivity index is 3.06. The van der Waals surface area contributed by atoms with Crippen molar-refractivity contribution in [2.45, 2.75) is 12.3 Å². The largest absolute Gasteiger partial charge is 0.481 e. The number of hydrogen-bond acceptors (Lipinski definition) is 3. The van der Waals surface area contributed by atoms with Crippen molar-refractivity contribution in [3.63, 3.8) is 0 Å². The van der Waals surface area contributed by atoms with Crippen molar-refractivity contribution in [2.24, 2.45) is 0 Å². The summed E-state index contributed by atoms with van der Waals surface area (Å²) in [6.45, 7) is 1.78. The molecular weight excluding hydrogens is 182 g/mol. The van der Waals surface area contributed by atoms with E-state index in [9.17, 15) is 4.79 Å². The van der Waals surface area contributed by atoms with Crippen LogP contribution < -0.4 is 0 Å². The molecule has 14 heavy (non-hydrogen) atoms. The first kappa shape index (κ1) is 10.7. The van der Waals surface area contributed by atoms with E-state index in [2.05, 4.69) is 4.98 Å². The van der Waals surface area contributed by atoms with Crippen molar-refractivity contribution < 1.29 is 14.6 Å². The van der Waals surface area contributed by atoms with E-state index < -0.39 is 11.4 Å². The Bertz CT molecular complexity index is 312. The standard InChI is InChI=1S/C10H13NO3/c1-10(7-14-2,9(12)13)8-3-5-11-6-4-8/h3-6H,7H2,1-2H3,(H,12,13). The maximum Gasteiger partial charge on any atom is 0.316 e. The molecule has 1 unspecified atom stereocenters. The number of carboxylic acids is 1. The van der Waals surface area contributed by atoms with Crippen molar-refractivity contribution >= 4 is 5.97 Å². The number of aromatic nitrogens is 1. The molecule has 4 heteroatoms. The first-order valence-corrected chi connectivity index (χ1v) is 4.24. The summed E-state index contributed by atoms with van der Waals surface area (Å²) < 4.78 is 4.92. The predicted octanol–water partition coefficient (Wildman–Crippen LogP) is 1.07. The van der Waals surface area contributed by atoms with Crippen LogP contribution in [0.3, 0.4) is 0 Å². The predicted molar refractivity (Wildman–Crippen MR) is 51.1 cm³/mol. The molecule has 0 amide bonds. The maximum atomic E-state index is 11.1. The minimum Gasteiger partial charge on any atom is -0.481 e. The fourth-order valence-electron chi connectivity index (χ4n) is 1.28. The molecule has 1 heterocycles. The summed E-state index contributed by atoms with van der Waals surface area (Å²) in [5.41, 5.74) is -0.306. The summed E-state index contributed by atoms with van der Waals surface area (Å²) in [6, 6.07) is 3.38. The number of carbonyl (C=O) groups is 1. The molecule has 0 saturated carbocycles. The van der Waals surface area contributed by atoms with E-state index in [4.69, 9.17) is 9.84 Å². The summed E-state index contributed by atoms with van der Waals surface area (Å²) in [4.78, 5) is 15.0. The third kappa shape index (κ3) is 1.90. The molecule has 0 bridgehead atoms. The number of carboxylic acid groups (broad SMARTS) is 1. The van der Waals surface area contributed by atoms with Gasteiger partial charge in [-0.1, -0.05) is 0 Å². The SMILES string of the molecule is COCC(C)(C(=O)O)c1ccncc1.